The smallest absolute Gasteiger partial charge is 0.160 e. The molecule has 8 aromatic carbocycles. The van der Waals surface area contributed by atoms with Crippen LogP contribution in [-0.2, 0) is 6.54 Å². The molecule has 0 amide bonds. The fourth-order valence-corrected chi connectivity index (χ4v) is 8.40. The number of para-hydroxylation sites is 1. The second kappa shape index (κ2) is 12.7. The van der Waals surface area contributed by atoms with Gasteiger partial charge in [-0.05, 0) is 72.8 Å². The van der Waals surface area contributed by atoms with E-state index < -0.39 is 0 Å². The number of furan rings is 1. The monoisotopic (exact) mass is 706 g/mol. The van der Waals surface area contributed by atoms with Crippen LogP contribution >= 0.6 is 0 Å². The minimum atomic E-state index is -0.290. The zero-order chi connectivity index (χ0) is 36.3. The van der Waals surface area contributed by atoms with Crippen molar-refractivity contribution in [2.45, 2.75) is 12.7 Å². The van der Waals surface area contributed by atoms with Crippen molar-refractivity contribution in [3.63, 3.8) is 0 Å². The van der Waals surface area contributed by atoms with Crippen LogP contribution in [0, 0.1) is 0 Å². The van der Waals surface area contributed by atoms with Crippen molar-refractivity contribution in [3.8, 4) is 11.1 Å². The summed E-state index contributed by atoms with van der Waals surface area (Å²) in [7, 11) is 0. The second-order valence-corrected chi connectivity index (χ2v) is 14.2. The standard InChI is InChI=1S/C50H34N4O/c1-2-13-32(14-3-1)48-52-49(34-23-22-31-12-4-5-15-33(31)28-34)54-50(53-48)42-27-26-40(37-18-8-9-19-38(37)42)39-24-25-41(36-17-7-6-16-35(36)39)44-29-51-30-46-47(44)43-20-10-11-21-45(43)55-46/h1-29,48,51H,30H2,(H,52,53,54). The number of nitrogens with one attached hydrogen (secondary N) is 2. The van der Waals surface area contributed by atoms with Gasteiger partial charge in [-0.15, -0.1) is 0 Å². The van der Waals surface area contributed by atoms with Crippen molar-refractivity contribution in [2.75, 3.05) is 0 Å². The van der Waals surface area contributed by atoms with E-state index in [9.17, 15) is 0 Å². The molecule has 9 aromatic rings. The number of amidine groups is 2. The number of benzene rings is 8. The van der Waals surface area contributed by atoms with E-state index in [2.05, 4.69) is 168 Å². The summed E-state index contributed by atoms with van der Waals surface area (Å²) in [4.78, 5) is 10.5. The first-order chi connectivity index (χ1) is 27.3. The number of rotatable bonds is 5. The zero-order valence-corrected chi connectivity index (χ0v) is 29.8. The van der Waals surface area contributed by atoms with Crippen molar-refractivity contribution < 1.29 is 4.42 Å². The minimum Gasteiger partial charge on any atom is -0.459 e. The summed E-state index contributed by atoms with van der Waals surface area (Å²) in [5, 5.41) is 15.3. The molecule has 1 atom stereocenters. The molecule has 2 N–H and O–H groups in total. The number of hydrogen-bond acceptors (Lipinski definition) is 5. The van der Waals surface area contributed by atoms with Gasteiger partial charge in [0.25, 0.3) is 0 Å². The van der Waals surface area contributed by atoms with E-state index in [1.54, 1.807) is 0 Å². The van der Waals surface area contributed by atoms with E-state index in [1.165, 1.54) is 43.8 Å². The minimum absolute atomic E-state index is 0.290. The molecular formula is C50H34N4O. The predicted molar refractivity (Wildman–Crippen MR) is 226 cm³/mol. The largest absolute Gasteiger partial charge is 0.459 e. The summed E-state index contributed by atoms with van der Waals surface area (Å²) in [5.41, 5.74) is 9.85. The molecule has 5 heteroatoms. The number of hydrogen-bond donors (Lipinski definition) is 2. The molecule has 0 saturated carbocycles. The fourth-order valence-electron chi connectivity index (χ4n) is 8.40. The molecule has 1 unspecified atom stereocenters. The van der Waals surface area contributed by atoms with Gasteiger partial charge in [0.2, 0.25) is 0 Å². The van der Waals surface area contributed by atoms with Gasteiger partial charge in [0.1, 0.15) is 23.3 Å². The molecule has 1 aromatic heterocycles. The molecule has 2 aliphatic rings. The number of nitrogens with zero attached hydrogens (tertiary/aromatic N) is 2. The highest BCUT2D eigenvalue weighted by atomic mass is 16.3. The van der Waals surface area contributed by atoms with Gasteiger partial charge in [-0.25, -0.2) is 9.98 Å². The highest BCUT2D eigenvalue weighted by Crippen LogP contribution is 2.43. The van der Waals surface area contributed by atoms with Gasteiger partial charge < -0.3 is 15.1 Å². The number of aliphatic imine (C=N–C) groups is 2. The Labute approximate surface area is 318 Å². The zero-order valence-electron chi connectivity index (χ0n) is 29.8. The van der Waals surface area contributed by atoms with Crippen LogP contribution < -0.4 is 10.6 Å². The average molecular weight is 707 g/mol. The molecule has 11 rings (SSSR count). The van der Waals surface area contributed by atoms with Gasteiger partial charge in [-0.1, -0.05) is 152 Å². The third-order valence-electron chi connectivity index (χ3n) is 11.0. The Morgan fingerprint density at radius 1 is 0.527 bits per heavy atom. The molecule has 2 aliphatic heterocycles. The molecule has 5 nitrogen and oxygen atoms in total. The Balaban J connectivity index is 1.06. The maximum absolute atomic E-state index is 6.31. The molecule has 0 bridgehead atoms. The molecule has 0 aliphatic carbocycles. The Kier molecular flexibility index (Phi) is 7.24. The first kappa shape index (κ1) is 31.3. The highest BCUT2D eigenvalue weighted by molar-refractivity contribution is 6.20. The summed E-state index contributed by atoms with van der Waals surface area (Å²) >= 11 is 0. The first-order valence-corrected chi connectivity index (χ1v) is 18.7. The van der Waals surface area contributed by atoms with E-state index in [0.717, 1.165) is 55.6 Å². The lowest BCUT2D eigenvalue weighted by Gasteiger charge is -2.24. The van der Waals surface area contributed by atoms with Gasteiger partial charge in [-0.3, -0.25) is 0 Å². The molecular weight excluding hydrogens is 673 g/mol. The van der Waals surface area contributed by atoms with Gasteiger partial charge in [0.15, 0.2) is 5.84 Å². The van der Waals surface area contributed by atoms with Crippen molar-refractivity contribution in [2.24, 2.45) is 9.98 Å². The van der Waals surface area contributed by atoms with Gasteiger partial charge >= 0.3 is 0 Å². The molecule has 55 heavy (non-hydrogen) atoms. The molecule has 0 radical (unpaired) electrons. The highest BCUT2D eigenvalue weighted by Gasteiger charge is 2.25. The predicted octanol–water partition coefficient (Wildman–Crippen LogP) is 11.5. The third-order valence-corrected chi connectivity index (χ3v) is 11.0. The molecule has 0 spiro atoms. The van der Waals surface area contributed by atoms with Crippen LogP contribution in [0.4, 0.5) is 0 Å². The van der Waals surface area contributed by atoms with Crippen LogP contribution in [0.3, 0.4) is 0 Å². The van der Waals surface area contributed by atoms with Crippen molar-refractivity contribution in [1.29, 1.82) is 0 Å². The van der Waals surface area contributed by atoms with E-state index in [4.69, 9.17) is 14.4 Å². The lowest BCUT2D eigenvalue weighted by molar-refractivity contribution is 0.531. The van der Waals surface area contributed by atoms with Crippen LogP contribution in [0.1, 0.15) is 39.7 Å². The van der Waals surface area contributed by atoms with Gasteiger partial charge in [-0.2, -0.15) is 0 Å². The summed E-state index contributed by atoms with van der Waals surface area (Å²) in [6, 6.07) is 60.0. The topological polar surface area (TPSA) is 61.9 Å². The second-order valence-electron chi connectivity index (χ2n) is 14.2. The maximum Gasteiger partial charge on any atom is 0.160 e. The van der Waals surface area contributed by atoms with Crippen LogP contribution in [-0.4, -0.2) is 11.7 Å². The quantitative estimate of drug-likeness (QED) is 0.187. The van der Waals surface area contributed by atoms with E-state index in [-0.39, 0.29) is 6.17 Å². The van der Waals surface area contributed by atoms with Crippen LogP contribution in [0.5, 0.6) is 0 Å². The lowest BCUT2D eigenvalue weighted by Crippen LogP contribution is -2.33. The molecule has 260 valence electrons. The summed E-state index contributed by atoms with van der Waals surface area (Å²) < 4.78 is 6.31. The third kappa shape index (κ3) is 5.24. The SMILES string of the molecule is C1=C(c2ccc(-c3ccc(C4=NC(c5ccccc5)NC(c5ccc6ccccc6c5)=N4)c4ccccc34)c3ccccc23)c2c(oc3ccccc23)CN1. The van der Waals surface area contributed by atoms with Crippen LogP contribution in [0.15, 0.2) is 190 Å². The Morgan fingerprint density at radius 3 is 1.89 bits per heavy atom. The van der Waals surface area contributed by atoms with E-state index in [0.29, 0.717) is 12.4 Å². The van der Waals surface area contributed by atoms with Crippen molar-refractivity contribution in [1.82, 2.24) is 10.6 Å². The van der Waals surface area contributed by atoms with E-state index in [1.807, 2.05) is 18.2 Å². The van der Waals surface area contributed by atoms with Crippen molar-refractivity contribution in [3.05, 3.63) is 210 Å². The summed E-state index contributed by atoms with van der Waals surface area (Å²) in [6.45, 7) is 0.670. The number of fused-ring (bicyclic) bond motifs is 6. The summed E-state index contributed by atoms with van der Waals surface area (Å²) in [6.07, 6.45) is 1.85. The Hall–Kier alpha value is -7.24. The average Bonchev–Trinajstić information content (AvgIpc) is 3.65. The summed E-state index contributed by atoms with van der Waals surface area (Å²) in [5.74, 6) is 2.48. The normalized spacial score (nSPS) is 15.3. The van der Waals surface area contributed by atoms with Gasteiger partial charge in [0.05, 0.1) is 6.54 Å². The lowest BCUT2D eigenvalue weighted by atomic mass is 9.86. The van der Waals surface area contributed by atoms with E-state index >= 15 is 0 Å². The van der Waals surface area contributed by atoms with Gasteiger partial charge in [0, 0.05) is 33.8 Å². The van der Waals surface area contributed by atoms with Crippen LogP contribution in [0.2, 0.25) is 0 Å². The Bertz CT molecular complexity index is 3080. The van der Waals surface area contributed by atoms with Crippen LogP contribution in [0.25, 0.3) is 60.0 Å². The Morgan fingerprint density at radius 2 is 1.13 bits per heavy atom. The molecule has 0 saturated heterocycles. The first-order valence-electron chi connectivity index (χ1n) is 18.7. The molecule has 3 heterocycles. The maximum atomic E-state index is 6.31. The van der Waals surface area contributed by atoms with Crippen molar-refractivity contribution >= 4 is 60.5 Å². The fraction of sp³-hybridized carbons (Fsp3) is 0.0400. The molecule has 0 fully saturated rings.